The average molecular weight is 278 g/mol. The van der Waals surface area contributed by atoms with Crippen molar-refractivity contribution in [2.45, 2.75) is 31.8 Å². The Morgan fingerprint density at radius 1 is 1.40 bits per heavy atom. The Bertz CT molecular complexity index is 500. The van der Waals surface area contributed by atoms with Gasteiger partial charge in [0.15, 0.2) is 0 Å². The lowest BCUT2D eigenvalue weighted by molar-refractivity contribution is 0.0481. The maximum Gasteiger partial charge on any atom is 0.337 e. The molecule has 0 aliphatic carbocycles. The van der Waals surface area contributed by atoms with Crippen molar-refractivity contribution < 1.29 is 14.6 Å². The summed E-state index contributed by atoms with van der Waals surface area (Å²) >= 11 is 0. The van der Waals surface area contributed by atoms with E-state index in [9.17, 15) is 9.90 Å². The lowest BCUT2D eigenvalue weighted by Crippen LogP contribution is -2.28. The van der Waals surface area contributed by atoms with E-state index in [2.05, 4.69) is 4.90 Å². The number of carbonyl (C=O) groups excluding carboxylic acids is 1. The molecule has 1 heterocycles. The van der Waals surface area contributed by atoms with Gasteiger partial charge in [-0.2, -0.15) is 0 Å². The number of nitrogen functional groups attached to an aromatic ring is 1. The van der Waals surface area contributed by atoms with Gasteiger partial charge in [-0.05, 0) is 44.4 Å². The van der Waals surface area contributed by atoms with Gasteiger partial charge in [-0.3, -0.25) is 0 Å². The Morgan fingerprint density at radius 3 is 2.85 bits per heavy atom. The Morgan fingerprint density at radius 2 is 2.15 bits per heavy atom. The minimum Gasteiger partial charge on any atom is -0.465 e. The van der Waals surface area contributed by atoms with Crippen molar-refractivity contribution in [1.29, 1.82) is 0 Å². The fourth-order valence-electron chi connectivity index (χ4n) is 2.57. The van der Waals surface area contributed by atoms with Crippen LogP contribution in [0.15, 0.2) is 18.2 Å². The van der Waals surface area contributed by atoms with Gasteiger partial charge in [0.25, 0.3) is 0 Å². The van der Waals surface area contributed by atoms with Crippen LogP contribution in [0.4, 0.5) is 11.4 Å². The summed E-state index contributed by atoms with van der Waals surface area (Å²) in [6.45, 7) is 3.41. The molecule has 1 aliphatic heterocycles. The molecular formula is C15H22N2O3. The molecule has 3 N–H and O–H groups in total. The number of hydrogen-bond acceptors (Lipinski definition) is 5. The molecule has 1 aromatic carbocycles. The van der Waals surface area contributed by atoms with Crippen LogP contribution in [0.2, 0.25) is 0 Å². The molecule has 1 aromatic rings. The number of nitrogens with two attached hydrogens (primary N) is 1. The van der Waals surface area contributed by atoms with E-state index in [4.69, 9.17) is 10.5 Å². The van der Waals surface area contributed by atoms with Gasteiger partial charge in [0.05, 0.1) is 29.6 Å². The van der Waals surface area contributed by atoms with Gasteiger partial charge >= 0.3 is 5.97 Å². The van der Waals surface area contributed by atoms with Crippen molar-refractivity contribution in [3.05, 3.63) is 23.8 Å². The molecule has 1 aliphatic rings. The maximum absolute atomic E-state index is 11.6. The van der Waals surface area contributed by atoms with E-state index in [1.807, 2.05) is 6.92 Å². The molecular weight excluding hydrogens is 256 g/mol. The Hall–Kier alpha value is -1.75. The number of ether oxygens (including phenoxy) is 1. The van der Waals surface area contributed by atoms with Gasteiger partial charge < -0.3 is 20.5 Å². The van der Waals surface area contributed by atoms with Crippen molar-refractivity contribution in [1.82, 2.24) is 0 Å². The Labute approximate surface area is 119 Å². The predicted octanol–water partition coefficient (Wildman–Crippen LogP) is 1.80. The van der Waals surface area contributed by atoms with E-state index < -0.39 is 5.60 Å². The normalized spacial score (nSPS) is 23.2. The van der Waals surface area contributed by atoms with Crippen LogP contribution in [0.25, 0.3) is 0 Å². The number of carbonyl (C=O) groups is 1. The first-order chi connectivity index (χ1) is 9.43. The number of nitrogens with zero attached hydrogens (tertiary/aromatic N) is 1. The molecule has 1 saturated heterocycles. The summed E-state index contributed by atoms with van der Waals surface area (Å²) in [5.41, 5.74) is 7.37. The van der Waals surface area contributed by atoms with Crippen molar-refractivity contribution >= 4 is 17.3 Å². The topological polar surface area (TPSA) is 75.8 Å². The number of anilines is 2. The fraction of sp³-hybridized carbons (Fsp3) is 0.533. The number of rotatable bonds is 2. The first-order valence-corrected chi connectivity index (χ1v) is 6.88. The summed E-state index contributed by atoms with van der Waals surface area (Å²) in [6, 6.07) is 5.16. The van der Waals surface area contributed by atoms with Crippen molar-refractivity contribution in [3.63, 3.8) is 0 Å². The summed E-state index contributed by atoms with van der Waals surface area (Å²) in [5, 5.41) is 10.1. The lowest BCUT2D eigenvalue weighted by atomic mass is 9.98. The van der Waals surface area contributed by atoms with E-state index in [1.54, 1.807) is 18.2 Å². The predicted molar refractivity (Wildman–Crippen MR) is 78.9 cm³/mol. The highest BCUT2D eigenvalue weighted by Crippen LogP contribution is 2.30. The molecule has 110 valence electrons. The van der Waals surface area contributed by atoms with Crippen LogP contribution in [0, 0.1) is 0 Å². The van der Waals surface area contributed by atoms with Crippen LogP contribution in [0.5, 0.6) is 0 Å². The highest BCUT2D eigenvalue weighted by Gasteiger charge is 2.26. The third-order valence-electron chi connectivity index (χ3n) is 3.86. The third-order valence-corrected chi connectivity index (χ3v) is 3.86. The van der Waals surface area contributed by atoms with Gasteiger partial charge in [-0.15, -0.1) is 0 Å². The number of aliphatic hydroxyl groups is 1. The molecule has 0 saturated carbocycles. The monoisotopic (exact) mass is 278 g/mol. The largest absolute Gasteiger partial charge is 0.465 e. The SMILES string of the molecule is COC(=O)c1ccc(N)c(N2CCCC(C)(O)CC2)c1. The van der Waals surface area contributed by atoms with E-state index >= 15 is 0 Å². The van der Waals surface area contributed by atoms with Gasteiger partial charge in [0, 0.05) is 13.1 Å². The first-order valence-electron chi connectivity index (χ1n) is 6.88. The summed E-state index contributed by atoms with van der Waals surface area (Å²) in [7, 11) is 1.36. The van der Waals surface area contributed by atoms with Crippen molar-refractivity contribution in [3.8, 4) is 0 Å². The van der Waals surface area contributed by atoms with Crippen LogP contribution < -0.4 is 10.6 Å². The van der Waals surface area contributed by atoms with Crippen LogP contribution in [0.3, 0.4) is 0 Å². The number of esters is 1. The van der Waals surface area contributed by atoms with Gasteiger partial charge in [0.2, 0.25) is 0 Å². The molecule has 0 aromatic heterocycles. The maximum atomic E-state index is 11.6. The lowest BCUT2D eigenvalue weighted by Gasteiger charge is -2.25. The number of hydrogen-bond donors (Lipinski definition) is 2. The molecule has 5 heteroatoms. The quantitative estimate of drug-likeness (QED) is 0.637. The first kappa shape index (κ1) is 14.7. The minimum atomic E-state index is -0.622. The second-order valence-electron chi connectivity index (χ2n) is 5.60. The van der Waals surface area contributed by atoms with E-state index in [0.29, 0.717) is 17.7 Å². The Kier molecular flexibility index (Phi) is 4.18. The molecule has 2 rings (SSSR count). The molecule has 0 radical (unpaired) electrons. The zero-order valence-corrected chi connectivity index (χ0v) is 12.1. The van der Waals surface area contributed by atoms with E-state index in [-0.39, 0.29) is 5.97 Å². The van der Waals surface area contributed by atoms with Gasteiger partial charge in [-0.1, -0.05) is 0 Å². The Balaban J connectivity index is 2.25. The zero-order chi connectivity index (χ0) is 14.8. The van der Waals surface area contributed by atoms with Crippen molar-refractivity contribution in [2.24, 2.45) is 0 Å². The number of benzene rings is 1. The molecule has 20 heavy (non-hydrogen) atoms. The van der Waals surface area contributed by atoms with Crippen LogP contribution in [-0.4, -0.2) is 36.9 Å². The van der Waals surface area contributed by atoms with Crippen LogP contribution in [-0.2, 0) is 4.74 Å². The highest BCUT2D eigenvalue weighted by atomic mass is 16.5. The molecule has 0 spiro atoms. The minimum absolute atomic E-state index is 0.368. The second-order valence-corrected chi connectivity index (χ2v) is 5.60. The van der Waals surface area contributed by atoms with E-state index in [0.717, 1.165) is 31.6 Å². The molecule has 1 unspecified atom stereocenters. The summed E-state index contributed by atoms with van der Waals surface area (Å²) < 4.78 is 4.74. The van der Waals surface area contributed by atoms with Crippen molar-refractivity contribution in [2.75, 3.05) is 30.8 Å². The van der Waals surface area contributed by atoms with Gasteiger partial charge in [0.1, 0.15) is 0 Å². The molecule has 0 bridgehead atoms. The fourth-order valence-corrected chi connectivity index (χ4v) is 2.57. The summed E-state index contributed by atoms with van der Waals surface area (Å²) in [4.78, 5) is 13.7. The summed E-state index contributed by atoms with van der Waals surface area (Å²) in [5.74, 6) is -0.368. The molecule has 0 amide bonds. The second kappa shape index (κ2) is 5.71. The standard InChI is InChI=1S/C15H22N2O3/c1-15(19)6-3-8-17(9-7-15)13-10-11(14(18)20-2)4-5-12(13)16/h4-5,10,19H,3,6-9,16H2,1-2H3. The average Bonchev–Trinajstić information content (AvgIpc) is 2.59. The van der Waals surface area contributed by atoms with Crippen LogP contribution >= 0.6 is 0 Å². The summed E-state index contributed by atoms with van der Waals surface area (Å²) in [6.07, 6.45) is 2.36. The van der Waals surface area contributed by atoms with Gasteiger partial charge in [-0.25, -0.2) is 4.79 Å². The number of methoxy groups -OCH3 is 1. The van der Waals surface area contributed by atoms with E-state index in [1.165, 1.54) is 7.11 Å². The third kappa shape index (κ3) is 3.22. The molecule has 1 fully saturated rings. The van der Waals surface area contributed by atoms with Crippen LogP contribution in [0.1, 0.15) is 36.5 Å². The smallest absolute Gasteiger partial charge is 0.337 e. The highest BCUT2D eigenvalue weighted by molar-refractivity contribution is 5.92. The molecule has 5 nitrogen and oxygen atoms in total. The molecule has 1 atom stereocenters. The zero-order valence-electron chi connectivity index (χ0n) is 12.1.